The Balaban J connectivity index is 0. The summed E-state index contributed by atoms with van der Waals surface area (Å²) in [7, 11) is 0. The van der Waals surface area contributed by atoms with E-state index in [0.29, 0.717) is 12.1 Å². The van der Waals surface area contributed by atoms with Crippen molar-refractivity contribution in [2.24, 2.45) is 11.5 Å². The highest BCUT2D eigenvalue weighted by atomic mass is 35.5. The van der Waals surface area contributed by atoms with Crippen LogP contribution in [0.15, 0.2) is 0 Å². The first-order valence-corrected chi connectivity index (χ1v) is 2.82. The molecule has 0 amide bonds. The van der Waals surface area contributed by atoms with E-state index in [0.717, 1.165) is 12.8 Å². The molecule has 0 unspecified atom stereocenters. The maximum absolute atomic E-state index is 5.55. The van der Waals surface area contributed by atoms with Crippen LogP contribution in [0, 0.1) is 0 Å². The number of hydrogen-bond donors (Lipinski definition) is 2. The summed E-state index contributed by atoms with van der Waals surface area (Å²) in [5.41, 5.74) is 11.1. The second-order valence-corrected chi connectivity index (χ2v) is 2.26. The highest BCUT2D eigenvalue weighted by Gasteiger charge is 2.18. The molecular formula is C5H14Cl2N2. The van der Waals surface area contributed by atoms with Gasteiger partial charge >= 0.3 is 0 Å². The average Bonchev–Trinajstić information content (AvgIpc) is 1.91. The lowest BCUT2D eigenvalue weighted by Crippen LogP contribution is -2.35. The summed E-state index contributed by atoms with van der Waals surface area (Å²) in [5, 5.41) is 0. The first kappa shape index (κ1) is 12.2. The first-order valence-electron chi connectivity index (χ1n) is 2.82. The van der Waals surface area contributed by atoms with E-state index in [1.54, 1.807) is 0 Å². The van der Waals surface area contributed by atoms with Crippen LogP contribution in [-0.2, 0) is 0 Å². The Hall–Kier alpha value is 0.500. The molecule has 1 rings (SSSR count). The van der Waals surface area contributed by atoms with Gasteiger partial charge in [-0.3, -0.25) is 0 Å². The van der Waals surface area contributed by atoms with Crippen LogP contribution in [-0.4, -0.2) is 12.1 Å². The van der Waals surface area contributed by atoms with Gasteiger partial charge in [0.05, 0.1) is 0 Å². The molecule has 1 fully saturated rings. The topological polar surface area (TPSA) is 52.0 Å². The first-order chi connectivity index (χ1) is 3.30. The summed E-state index contributed by atoms with van der Waals surface area (Å²) in [6.07, 6.45) is 3.48. The SMILES string of the molecule is Cl.Cl.N[C@H]1CCC[C@@H]1N. The van der Waals surface area contributed by atoms with Crippen molar-refractivity contribution in [1.82, 2.24) is 0 Å². The molecule has 9 heavy (non-hydrogen) atoms. The largest absolute Gasteiger partial charge is 0.326 e. The molecule has 0 aromatic carbocycles. The van der Waals surface area contributed by atoms with Crippen LogP contribution in [0.3, 0.4) is 0 Å². The molecule has 4 N–H and O–H groups in total. The van der Waals surface area contributed by atoms with E-state index in [2.05, 4.69) is 0 Å². The zero-order valence-electron chi connectivity index (χ0n) is 5.25. The van der Waals surface area contributed by atoms with Crippen molar-refractivity contribution in [3.63, 3.8) is 0 Å². The van der Waals surface area contributed by atoms with Crippen molar-refractivity contribution in [3.05, 3.63) is 0 Å². The Kier molecular flexibility index (Phi) is 7.18. The Morgan fingerprint density at radius 1 is 0.889 bits per heavy atom. The van der Waals surface area contributed by atoms with Crippen LogP contribution in [0.25, 0.3) is 0 Å². The molecule has 58 valence electrons. The maximum atomic E-state index is 5.55. The summed E-state index contributed by atoms with van der Waals surface area (Å²) in [6, 6.07) is 0.583. The van der Waals surface area contributed by atoms with E-state index in [9.17, 15) is 0 Å². The highest BCUT2D eigenvalue weighted by Crippen LogP contribution is 2.13. The third-order valence-corrected chi connectivity index (χ3v) is 1.62. The van der Waals surface area contributed by atoms with Gasteiger partial charge in [-0.1, -0.05) is 6.42 Å². The predicted molar refractivity (Wildman–Crippen MR) is 44.3 cm³/mol. The van der Waals surface area contributed by atoms with Gasteiger partial charge in [-0.25, -0.2) is 0 Å². The van der Waals surface area contributed by atoms with Crippen molar-refractivity contribution in [2.45, 2.75) is 31.3 Å². The van der Waals surface area contributed by atoms with Gasteiger partial charge in [0, 0.05) is 12.1 Å². The van der Waals surface area contributed by atoms with Crippen molar-refractivity contribution in [3.8, 4) is 0 Å². The Labute approximate surface area is 68.2 Å². The third kappa shape index (κ3) is 3.26. The van der Waals surface area contributed by atoms with E-state index in [-0.39, 0.29) is 24.8 Å². The average molecular weight is 173 g/mol. The summed E-state index contributed by atoms with van der Waals surface area (Å²) < 4.78 is 0. The van der Waals surface area contributed by atoms with Gasteiger partial charge in [0.15, 0.2) is 0 Å². The van der Waals surface area contributed by atoms with Crippen LogP contribution in [0.1, 0.15) is 19.3 Å². The van der Waals surface area contributed by atoms with Gasteiger partial charge in [0.1, 0.15) is 0 Å². The Morgan fingerprint density at radius 3 is 1.33 bits per heavy atom. The molecular weight excluding hydrogens is 159 g/mol. The lowest BCUT2D eigenvalue weighted by Gasteiger charge is -2.05. The van der Waals surface area contributed by atoms with Crippen LogP contribution in [0.4, 0.5) is 0 Å². The number of halogens is 2. The van der Waals surface area contributed by atoms with Crippen molar-refractivity contribution in [2.75, 3.05) is 0 Å². The molecule has 1 aliphatic carbocycles. The predicted octanol–water partition coefficient (Wildman–Crippen LogP) is 0.668. The van der Waals surface area contributed by atoms with Crippen LogP contribution < -0.4 is 11.5 Å². The molecule has 2 nitrogen and oxygen atoms in total. The normalized spacial score (nSPS) is 32.7. The maximum Gasteiger partial charge on any atom is 0.0192 e. The summed E-state index contributed by atoms with van der Waals surface area (Å²) >= 11 is 0. The zero-order chi connectivity index (χ0) is 5.28. The molecule has 1 aliphatic rings. The molecule has 0 heterocycles. The van der Waals surface area contributed by atoms with Gasteiger partial charge in [0.2, 0.25) is 0 Å². The second-order valence-electron chi connectivity index (χ2n) is 2.26. The molecule has 0 radical (unpaired) electrons. The van der Waals surface area contributed by atoms with E-state index >= 15 is 0 Å². The molecule has 4 heteroatoms. The lowest BCUT2D eigenvalue weighted by molar-refractivity contribution is 0.603. The summed E-state index contributed by atoms with van der Waals surface area (Å²) in [6.45, 7) is 0. The van der Waals surface area contributed by atoms with Gasteiger partial charge < -0.3 is 11.5 Å². The Bertz CT molecular complexity index is 62.0. The van der Waals surface area contributed by atoms with Gasteiger partial charge in [-0.05, 0) is 12.8 Å². The van der Waals surface area contributed by atoms with Crippen LogP contribution in [0.5, 0.6) is 0 Å². The fourth-order valence-electron chi connectivity index (χ4n) is 1.02. The van der Waals surface area contributed by atoms with Crippen molar-refractivity contribution < 1.29 is 0 Å². The minimum atomic E-state index is 0. The fourth-order valence-corrected chi connectivity index (χ4v) is 1.02. The highest BCUT2D eigenvalue weighted by molar-refractivity contribution is 5.85. The molecule has 0 aromatic heterocycles. The fraction of sp³-hybridized carbons (Fsp3) is 1.00. The zero-order valence-corrected chi connectivity index (χ0v) is 6.88. The molecule has 1 saturated carbocycles. The minimum Gasteiger partial charge on any atom is -0.326 e. The van der Waals surface area contributed by atoms with Crippen molar-refractivity contribution >= 4 is 24.8 Å². The molecule has 0 spiro atoms. The monoisotopic (exact) mass is 172 g/mol. The Morgan fingerprint density at radius 2 is 1.22 bits per heavy atom. The smallest absolute Gasteiger partial charge is 0.0192 e. The van der Waals surface area contributed by atoms with E-state index in [4.69, 9.17) is 11.5 Å². The standard InChI is InChI=1S/C5H12N2.2ClH/c6-4-2-1-3-5(4)7;;/h4-5H,1-3,6-7H2;2*1H/t4-,5-;;/m0../s1. The molecule has 0 bridgehead atoms. The van der Waals surface area contributed by atoms with Crippen LogP contribution in [0.2, 0.25) is 0 Å². The van der Waals surface area contributed by atoms with Crippen molar-refractivity contribution in [1.29, 1.82) is 0 Å². The minimum absolute atomic E-state index is 0. The summed E-state index contributed by atoms with van der Waals surface area (Å²) in [5.74, 6) is 0. The number of hydrogen-bond acceptors (Lipinski definition) is 2. The molecule has 0 aliphatic heterocycles. The molecule has 2 atom stereocenters. The molecule has 0 aromatic rings. The quantitative estimate of drug-likeness (QED) is 0.565. The summed E-state index contributed by atoms with van der Waals surface area (Å²) in [4.78, 5) is 0. The van der Waals surface area contributed by atoms with Crippen LogP contribution >= 0.6 is 24.8 Å². The number of rotatable bonds is 0. The van der Waals surface area contributed by atoms with Gasteiger partial charge in [-0.2, -0.15) is 0 Å². The van der Waals surface area contributed by atoms with E-state index < -0.39 is 0 Å². The molecule has 0 saturated heterocycles. The van der Waals surface area contributed by atoms with Gasteiger partial charge in [-0.15, -0.1) is 24.8 Å². The van der Waals surface area contributed by atoms with E-state index in [1.165, 1.54) is 6.42 Å². The number of nitrogens with two attached hydrogens (primary N) is 2. The van der Waals surface area contributed by atoms with E-state index in [1.807, 2.05) is 0 Å². The van der Waals surface area contributed by atoms with Gasteiger partial charge in [0.25, 0.3) is 0 Å². The lowest BCUT2D eigenvalue weighted by atomic mass is 10.2. The third-order valence-electron chi connectivity index (χ3n) is 1.62. The second kappa shape index (κ2) is 5.30.